The number of aromatic nitrogens is 5. The van der Waals surface area contributed by atoms with Gasteiger partial charge in [0.2, 0.25) is 17.6 Å². The molecule has 6 rings (SSSR count). The molecule has 3 aliphatic rings. The smallest absolute Gasteiger partial charge is 0.212 e. The van der Waals surface area contributed by atoms with E-state index in [9.17, 15) is 5.21 Å². The number of nitrogens with one attached hydrogen (secondary N) is 1. The van der Waals surface area contributed by atoms with Crippen molar-refractivity contribution in [2.75, 3.05) is 10.2 Å². The van der Waals surface area contributed by atoms with Crippen molar-refractivity contribution in [3.63, 3.8) is 0 Å². The first-order valence-corrected chi connectivity index (χ1v) is 13.9. The Hall–Kier alpha value is -3.69. The number of rotatable bonds is 6. The van der Waals surface area contributed by atoms with E-state index in [2.05, 4.69) is 49.8 Å². The zero-order valence-electron chi connectivity index (χ0n) is 22.4. The van der Waals surface area contributed by atoms with Crippen LogP contribution in [0, 0.1) is 11.8 Å². The van der Waals surface area contributed by atoms with E-state index < -0.39 is 0 Å². The van der Waals surface area contributed by atoms with Gasteiger partial charge in [-0.1, -0.05) is 24.6 Å². The van der Waals surface area contributed by atoms with E-state index in [0.29, 0.717) is 23.3 Å². The SMILES string of the molecule is C[C@H]1CCCC2=C1CCC(c1cccnc1)N2c1nc2nc(/C(N)=N/O)nc(N[C@H](C)C3CCC3)c2n1C. The number of hydrogen-bond donors (Lipinski definition) is 3. The molecule has 1 aliphatic heterocycles. The Labute approximate surface area is 223 Å². The molecular weight excluding hydrogens is 478 g/mol. The highest BCUT2D eigenvalue weighted by Crippen LogP contribution is 2.47. The van der Waals surface area contributed by atoms with Gasteiger partial charge in [-0.2, -0.15) is 4.98 Å². The topological polar surface area (TPSA) is 130 Å². The summed E-state index contributed by atoms with van der Waals surface area (Å²) in [6, 6.07) is 4.54. The van der Waals surface area contributed by atoms with E-state index >= 15 is 0 Å². The van der Waals surface area contributed by atoms with E-state index in [0.717, 1.165) is 30.7 Å². The molecule has 0 radical (unpaired) electrons. The average molecular weight is 516 g/mol. The minimum absolute atomic E-state index is 0.129. The number of imidazole rings is 1. The largest absolute Gasteiger partial charge is 0.409 e. The molecule has 0 aromatic carbocycles. The number of fused-ring (bicyclic) bond motifs is 1. The van der Waals surface area contributed by atoms with Crippen molar-refractivity contribution >= 4 is 28.8 Å². The van der Waals surface area contributed by atoms with Crippen LogP contribution < -0.4 is 16.0 Å². The minimum atomic E-state index is -0.129. The predicted octanol–water partition coefficient (Wildman–Crippen LogP) is 4.87. The Bertz CT molecular complexity index is 1390. The Balaban J connectivity index is 1.52. The molecule has 3 atom stereocenters. The summed E-state index contributed by atoms with van der Waals surface area (Å²) in [5, 5.41) is 16.2. The first kappa shape index (κ1) is 24.6. The molecule has 10 heteroatoms. The third-order valence-corrected chi connectivity index (χ3v) is 8.86. The third kappa shape index (κ3) is 4.16. The van der Waals surface area contributed by atoms with E-state index in [4.69, 9.17) is 15.7 Å². The predicted molar refractivity (Wildman–Crippen MR) is 148 cm³/mol. The molecule has 1 fully saturated rings. The highest BCUT2D eigenvalue weighted by atomic mass is 16.4. The zero-order chi connectivity index (χ0) is 26.4. The maximum absolute atomic E-state index is 9.36. The van der Waals surface area contributed by atoms with Crippen molar-refractivity contribution in [1.82, 2.24) is 24.5 Å². The number of hydrogen-bond acceptors (Lipinski definition) is 8. The van der Waals surface area contributed by atoms with Crippen LogP contribution in [0.15, 0.2) is 41.0 Å². The Kier molecular flexibility index (Phi) is 6.41. The van der Waals surface area contributed by atoms with Gasteiger partial charge in [0.1, 0.15) is 5.52 Å². The van der Waals surface area contributed by atoms with Gasteiger partial charge in [-0.15, -0.1) is 0 Å². The maximum Gasteiger partial charge on any atom is 0.212 e. The number of oxime groups is 1. The molecule has 0 bridgehead atoms. The van der Waals surface area contributed by atoms with Gasteiger partial charge in [-0.3, -0.25) is 4.98 Å². The lowest BCUT2D eigenvalue weighted by Gasteiger charge is -2.43. The van der Waals surface area contributed by atoms with Crippen LogP contribution in [0.4, 0.5) is 11.8 Å². The number of nitrogens with two attached hydrogens (primary N) is 1. The second-order valence-corrected chi connectivity index (χ2v) is 11.1. The molecule has 3 aromatic rings. The van der Waals surface area contributed by atoms with Gasteiger partial charge in [0.25, 0.3) is 0 Å². The Morgan fingerprint density at radius 3 is 2.71 bits per heavy atom. The number of amidine groups is 1. The lowest BCUT2D eigenvalue weighted by atomic mass is 9.79. The van der Waals surface area contributed by atoms with Gasteiger partial charge in [0, 0.05) is 31.2 Å². The first-order valence-electron chi connectivity index (χ1n) is 13.9. The standard InChI is InChI=1S/C28H37N9O/c1-16-7-4-11-22-20(16)12-13-21(19-10-6-14-30-15-19)37(22)28-34-26-23(36(28)3)25(31-17(2)18-8-5-9-18)32-27(33-26)24(29)35-38/h6,10,14-18,21,38H,4-5,7-9,11-13H2,1-3H3,(H2,29,35)(H,31,32,33)/t16-,17+,21?/m0/s1. The number of allylic oxidation sites excluding steroid dienone is 2. The fraction of sp³-hybridized carbons (Fsp3) is 0.536. The molecule has 0 saturated heterocycles. The summed E-state index contributed by atoms with van der Waals surface area (Å²) >= 11 is 0. The molecule has 4 heterocycles. The summed E-state index contributed by atoms with van der Waals surface area (Å²) in [6.07, 6.45) is 13.0. The molecule has 0 spiro atoms. The first-order chi connectivity index (χ1) is 18.5. The van der Waals surface area contributed by atoms with Crippen molar-refractivity contribution in [3.05, 3.63) is 47.2 Å². The quantitative estimate of drug-likeness (QED) is 0.183. The van der Waals surface area contributed by atoms with Gasteiger partial charge in [0.15, 0.2) is 11.5 Å². The van der Waals surface area contributed by atoms with Crippen molar-refractivity contribution in [3.8, 4) is 0 Å². The third-order valence-electron chi connectivity index (χ3n) is 8.86. The molecule has 200 valence electrons. The summed E-state index contributed by atoms with van der Waals surface area (Å²) in [7, 11) is 2.04. The van der Waals surface area contributed by atoms with E-state index in [1.54, 1.807) is 5.57 Å². The lowest BCUT2D eigenvalue weighted by Crippen LogP contribution is -2.37. The molecule has 10 nitrogen and oxygen atoms in total. The van der Waals surface area contributed by atoms with Crippen LogP contribution in [0.1, 0.15) is 82.6 Å². The van der Waals surface area contributed by atoms with E-state index in [1.165, 1.54) is 43.4 Å². The van der Waals surface area contributed by atoms with Crippen LogP contribution in [0.25, 0.3) is 11.2 Å². The monoisotopic (exact) mass is 515 g/mol. The van der Waals surface area contributed by atoms with Crippen LogP contribution in [-0.2, 0) is 7.05 Å². The minimum Gasteiger partial charge on any atom is -0.409 e. The number of pyridine rings is 1. The van der Waals surface area contributed by atoms with Crippen LogP contribution in [0.2, 0.25) is 0 Å². The second kappa shape index (κ2) is 9.89. The van der Waals surface area contributed by atoms with Crippen molar-refractivity contribution < 1.29 is 5.21 Å². The fourth-order valence-electron chi connectivity index (χ4n) is 6.47. The number of nitrogens with zero attached hydrogens (tertiary/aromatic N) is 7. The average Bonchev–Trinajstić information content (AvgIpc) is 3.23. The van der Waals surface area contributed by atoms with E-state index in [-0.39, 0.29) is 23.7 Å². The summed E-state index contributed by atoms with van der Waals surface area (Å²) in [5.74, 6) is 2.71. The lowest BCUT2D eigenvalue weighted by molar-refractivity contribution is 0.285. The van der Waals surface area contributed by atoms with Crippen LogP contribution in [0.3, 0.4) is 0 Å². The zero-order valence-corrected chi connectivity index (χ0v) is 22.4. The van der Waals surface area contributed by atoms with Gasteiger partial charge in [0.05, 0.1) is 6.04 Å². The normalized spacial score (nSPS) is 23.3. The maximum atomic E-state index is 9.36. The number of aryl methyl sites for hydroxylation is 1. The Morgan fingerprint density at radius 2 is 2.00 bits per heavy atom. The molecule has 3 aromatic heterocycles. The summed E-state index contributed by atoms with van der Waals surface area (Å²) < 4.78 is 2.11. The van der Waals surface area contributed by atoms with Crippen molar-refractivity contribution in [2.24, 2.45) is 29.8 Å². The highest BCUT2D eigenvalue weighted by molar-refractivity contribution is 5.97. The Morgan fingerprint density at radius 1 is 1.16 bits per heavy atom. The van der Waals surface area contributed by atoms with Gasteiger partial charge in [-0.05, 0) is 80.9 Å². The highest BCUT2D eigenvalue weighted by Gasteiger charge is 2.37. The van der Waals surface area contributed by atoms with Gasteiger partial charge >= 0.3 is 0 Å². The van der Waals surface area contributed by atoms with Gasteiger partial charge < -0.3 is 25.7 Å². The molecule has 1 saturated carbocycles. The summed E-state index contributed by atoms with van der Waals surface area (Å²) in [6.45, 7) is 4.55. The van der Waals surface area contributed by atoms with E-state index in [1.807, 2.05) is 25.5 Å². The molecule has 4 N–H and O–H groups in total. The van der Waals surface area contributed by atoms with Crippen LogP contribution >= 0.6 is 0 Å². The molecule has 38 heavy (non-hydrogen) atoms. The van der Waals surface area contributed by atoms with Crippen molar-refractivity contribution in [2.45, 2.75) is 77.3 Å². The van der Waals surface area contributed by atoms with Gasteiger partial charge in [-0.25, -0.2) is 9.97 Å². The van der Waals surface area contributed by atoms with Crippen molar-refractivity contribution in [1.29, 1.82) is 0 Å². The fourth-order valence-corrected chi connectivity index (χ4v) is 6.47. The molecule has 0 amide bonds. The summed E-state index contributed by atoms with van der Waals surface area (Å²) in [4.78, 5) is 21.3. The number of anilines is 2. The van der Waals surface area contributed by atoms with Crippen LogP contribution in [0.5, 0.6) is 0 Å². The molecule has 1 unspecified atom stereocenters. The summed E-state index contributed by atoms with van der Waals surface area (Å²) in [5.41, 5.74) is 11.4. The molecular formula is C28H37N9O. The van der Waals surface area contributed by atoms with Crippen LogP contribution in [-0.4, -0.2) is 41.6 Å². The second-order valence-electron chi connectivity index (χ2n) is 11.1. The molecule has 2 aliphatic carbocycles.